The zero-order chi connectivity index (χ0) is 15.9. The molecule has 3 rings (SSSR count). The van der Waals surface area contributed by atoms with Crippen molar-refractivity contribution in [3.05, 3.63) is 96.1 Å². The Morgan fingerprint density at radius 2 is 1.30 bits per heavy atom. The van der Waals surface area contributed by atoms with Gasteiger partial charge in [-0.2, -0.15) is 0 Å². The van der Waals surface area contributed by atoms with Crippen LogP contribution in [0.15, 0.2) is 85.0 Å². The summed E-state index contributed by atoms with van der Waals surface area (Å²) >= 11 is 0. The maximum atomic E-state index is 6.15. The maximum Gasteiger partial charge on any atom is 0.178 e. The van der Waals surface area contributed by atoms with Crippen molar-refractivity contribution in [2.24, 2.45) is 0 Å². The average Bonchev–Trinajstić information content (AvgIpc) is 3.05. The highest BCUT2D eigenvalue weighted by Gasteiger charge is 2.36. The standard InChI is InChI=1S/C21H22O2/c1-2-3-4-11-16-19-22-20(17-12-7-5-8-13-17)21(23-19)18-14-9-6-10-15-18/h3-16,19-21H,2H2,1H3/b4-3+,16-11+/t20-,21-/m1/s1. The average molecular weight is 306 g/mol. The van der Waals surface area contributed by atoms with E-state index < -0.39 is 0 Å². The Morgan fingerprint density at radius 1 is 0.783 bits per heavy atom. The molecule has 1 fully saturated rings. The van der Waals surface area contributed by atoms with Crippen molar-refractivity contribution in [1.82, 2.24) is 0 Å². The van der Waals surface area contributed by atoms with Crippen LogP contribution in [0, 0.1) is 0 Å². The summed E-state index contributed by atoms with van der Waals surface area (Å²) in [4.78, 5) is 0. The molecular weight excluding hydrogens is 284 g/mol. The molecule has 1 saturated heterocycles. The van der Waals surface area contributed by atoms with Gasteiger partial charge >= 0.3 is 0 Å². The van der Waals surface area contributed by atoms with E-state index >= 15 is 0 Å². The number of ether oxygens (including phenoxy) is 2. The molecule has 1 aliphatic heterocycles. The van der Waals surface area contributed by atoms with Gasteiger partial charge in [-0.25, -0.2) is 0 Å². The van der Waals surface area contributed by atoms with E-state index in [4.69, 9.17) is 9.47 Å². The third-order valence-electron chi connectivity index (χ3n) is 3.84. The predicted molar refractivity (Wildman–Crippen MR) is 92.9 cm³/mol. The second kappa shape index (κ2) is 7.91. The van der Waals surface area contributed by atoms with Crippen molar-refractivity contribution in [1.29, 1.82) is 0 Å². The first-order valence-electron chi connectivity index (χ1n) is 8.12. The highest BCUT2D eigenvalue weighted by molar-refractivity contribution is 5.26. The summed E-state index contributed by atoms with van der Waals surface area (Å²) < 4.78 is 12.3. The molecule has 2 aromatic rings. The fraction of sp³-hybridized carbons (Fsp3) is 0.238. The Balaban J connectivity index is 1.82. The summed E-state index contributed by atoms with van der Waals surface area (Å²) in [5, 5.41) is 0. The molecule has 118 valence electrons. The molecule has 23 heavy (non-hydrogen) atoms. The van der Waals surface area contributed by atoms with Crippen molar-refractivity contribution in [3.63, 3.8) is 0 Å². The van der Waals surface area contributed by atoms with Crippen LogP contribution < -0.4 is 0 Å². The lowest BCUT2D eigenvalue weighted by atomic mass is 9.99. The second-order valence-corrected chi connectivity index (χ2v) is 5.52. The minimum atomic E-state index is -0.327. The van der Waals surface area contributed by atoms with Crippen LogP contribution in [0.5, 0.6) is 0 Å². The van der Waals surface area contributed by atoms with Crippen molar-refractivity contribution in [3.8, 4) is 0 Å². The van der Waals surface area contributed by atoms with Gasteiger partial charge in [-0.15, -0.1) is 0 Å². The smallest absolute Gasteiger partial charge is 0.178 e. The highest BCUT2D eigenvalue weighted by atomic mass is 16.7. The Hall–Kier alpha value is -2.16. The lowest BCUT2D eigenvalue weighted by Crippen LogP contribution is -2.06. The van der Waals surface area contributed by atoms with Crippen molar-refractivity contribution in [2.45, 2.75) is 31.8 Å². The summed E-state index contributed by atoms with van der Waals surface area (Å²) in [6, 6.07) is 20.5. The van der Waals surface area contributed by atoms with Crippen LogP contribution in [-0.2, 0) is 9.47 Å². The zero-order valence-electron chi connectivity index (χ0n) is 13.3. The van der Waals surface area contributed by atoms with Gasteiger partial charge < -0.3 is 9.47 Å². The van der Waals surface area contributed by atoms with Gasteiger partial charge in [-0.1, -0.05) is 85.8 Å². The summed E-state index contributed by atoms with van der Waals surface area (Å²) in [7, 11) is 0. The zero-order valence-corrected chi connectivity index (χ0v) is 13.3. The Bertz CT molecular complexity index is 599. The molecule has 0 unspecified atom stereocenters. The van der Waals surface area contributed by atoms with Crippen LogP contribution in [0.3, 0.4) is 0 Å². The number of benzene rings is 2. The minimum Gasteiger partial charge on any atom is -0.338 e. The number of hydrogen-bond acceptors (Lipinski definition) is 2. The molecule has 0 bridgehead atoms. The number of allylic oxidation sites excluding steroid dienone is 3. The molecule has 1 heterocycles. The molecule has 2 nitrogen and oxygen atoms in total. The summed E-state index contributed by atoms with van der Waals surface area (Å²) in [5.41, 5.74) is 2.28. The van der Waals surface area contributed by atoms with Crippen LogP contribution >= 0.6 is 0 Å². The molecule has 2 heteroatoms. The van der Waals surface area contributed by atoms with Crippen LogP contribution in [0.25, 0.3) is 0 Å². The SMILES string of the molecule is CC/C=C/C=C/C1O[C@H](c2ccccc2)[C@@H](c2ccccc2)O1. The molecule has 0 saturated carbocycles. The molecule has 0 amide bonds. The number of hydrogen-bond donors (Lipinski definition) is 0. The molecule has 2 atom stereocenters. The van der Waals surface area contributed by atoms with E-state index in [0.29, 0.717) is 0 Å². The molecule has 0 aromatic heterocycles. The number of rotatable bonds is 5. The Labute approximate surface area is 138 Å². The first-order valence-corrected chi connectivity index (χ1v) is 8.12. The highest BCUT2D eigenvalue weighted by Crippen LogP contribution is 2.42. The quantitative estimate of drug-likeness (QED) is 0.692. The first kappa shape index (κ1) is 15.7. The van der Waals surface area contributed by atoms with E-state index in [1.807, 2.05) is 54.6 Å². The van der Waals surface area contributed by atoms with E-state index in [1.54, 1.807) is 0 Å². The van der Waals surface area contributed by atoms with Gasteiger partial charge in [-0.05, 0) is 23.6 Å². The summed E-state index contributed by atoms with van der Waals surface area (Å²) in [6.45, 7) is 2.11. The van der Waals surface area contributed by atoms with Gasteiger partial charge in [0, 0.05) is 0 Å². The van der Waals surface area contributed by atoms with Gasteiger partial charge in [-0.3, -0.25) is 0 Å². The van der Waals surface area contributed by atoms with E-state index in [2.05, 4.69) is 37.3 Å². The molecule has 2 aromatic carbocycles. The Kier molecular flexibility index (Phi) is 5.41. The first-order chi connectivity index (χ1) is 11.4. The van der Waals surface area contributed by atoms with Crippen molar-refractivity contribution in [2.75, 3.05) is 0 Å². The molecular formula is C21H22O2. The van der Waals surface area contributed by atoms with Gasteiger partial charge in [0.1, 0.15) is 12.2 Å². The third kappa shape index (κ3) is 3.98. The summed E-state index contributed by atoms with van der Waals surface area (Å²) in [6.07, 6.45) is 8.60. The predicted octanol–water partition coefficient (Wildman–Crippen LogP) is 5.36. The second-order valence-electron chi connectivity index (χ2n) is 5.52. The van der Waals surface area contributed by atoms with Crippen LogP contribution in [-0.4, -0.2) is 6.29 Å². The van der Waals surface area contributed by atoms with Crippen molar-refractivity contribution < 1.29 is 9.47 Å². The van der Waals surface area contributed by atoms with E-state index in [1.165, 1.54) is 0 Å². The van der Waals surface area contributed by atoms with Gasteiger partial charge in [0.05, 0.1) is 0 Å². The van der Waals surface area contributed by atoms with E-state index in [-0.39, 0.29) is 18.5 Å². The molecule has 0 aliphatic carbocycles. The van der Waals surface area contributed by atoms with Crippen molar-refractivity contribution >= 4 is 0 Å². The lowest BCUT2D eigenvalue weighted by molar-refractivity contribution is -0.0290. The van der Waals surface area contributed by atoms with Crippen LogP contribution in [0.4, 0.5) is 0 Å². The monoisotopic (exact) mass is 306 g/mol. The normalized spacial score (nSPS) is 22.3. The largest absolute Gasteiger partial charge is 0.338 e. The molecule has 0 radical (unpaired) electrons. The van der Waals surface area contributed by atoms with Gasteiger partial charge in [0.2, 0.25) is 0 Å². The summed E-state index contributed by atoms with van der Waals surface area (Å²) in [5.74, 6) is 0. The minimum absolute atomic E-state index is 0.0941. The third-order valence-corrected chi connectivity index (χ3v) is 3.84. The van der Waals surface area contributed by atoms with Crippen LogP contribution in [0.1, 0.15) is 36.7 Å². The fourth-order valence-corrected chi connectivity index (χ4v) is 2.72. The topological polar surface area (TPSA) is 18.5 Å². The maximum absolute atomic E-state index is 6.15. The molecule has 1 aliphatic rings. The Morgan fingerprint density at radius 3 is 1.78 bits per heavy atom. The van der Waals surface area contributed by atoms with Crippen LogP contribution in [0.2, 0.25) is 0 Å². The molecule has 0 spiro atoms. The lowest BCUT2D eigenvalue weighted by Gasteiger charge is -2.17. The van der Waals surface area contributed by atoms with E-state index in [0.717, 1.165) is 17.5 Å². The molecule has 0 N–H and O–H groups in total. The van der Waals surface area contributed by atoms with E-state index in [9.17, 15) is 0 Å². The van der Waals surface area contributed by atoms with Gasteiger partial charge in [0.15, 0.2) is 6.29 Å². The fourth-order valence-electron chi connectivity index (χ4n) is 2.72. The van der Waals surface area contributed by atoms with Gasteiger partial charge in [0.25, 0.3) is 0 Å².